The zero-order chi connectivity index (χ0) is 50.4. The van der Waals surface area contributed by atoms with Gasteiger partial charge in [-0.1, -0.05) is 194 Å². The third-order valence-corrected chi connectivity index (χ3v) is 14.1. The van der Waals surface area contributed by atoms with Crippen molar-refractivity contribution in [1.29, 1.82) is 0 Å². The second-order valence-electron chi connectivity index (χ2n) is 18.9. The topological polar surface area (TPSA) is 90.2 Å². The standard InChI is InChI=1S/C69H43N7/c1-3-15-44(16-4-1)50-21-11-23-52(39-50)67-74-68(53-24-12-22-51(40-53)45-17-5-2-6-18-45)76-69(75-67)56-42-54(59-27-13-29-61(70-59)63-37-35-48-33-31-46-19-7-9-25-57(46)65(48)72-63)41-55(43-56)60-28-14-30-62(71-60)64-38-36-49-34-32-47-20-8-10-26-58(47)66(49)73-64/h1-43H. The highest BCUT2D eigenvalue weighted by atomic mass is 15.0. The van der Waals surface area contributed by atoms with Crippen molar-refractivity contribution in [1.82, 2.24) is 34.9 Å². The summed E-state index contributed by atoms with van der Waals surface area (Å²) in [5, 5.41) is 6.65. The van der Waals surface area contributed by atoms with Gasteiger partial charge in [-0.25, -0.2) is 34.9 Å². The van der Waals surface area contributed by atoms with Crippen LogP contribution in [0.4, 0.5) is 0 Å². The van der Waals surface area contributed by atoms with E-state index in [4.69, 9.17) is 34.9 Å². The normalized spacial score (nSPS) is 11.4. The van der Waals surface area contributed by atoms with Gasteiger partial charge in [0.1, 0.15) is 0 Å². The van der Waals surface area contributed by atoms with Crippen LogP contribution in [0.3, 0.4) is 0 Å². The van der Waals surface area contributed by atoms with Crippen LogP contribution in [0.5, 0.6) is 0 Å². The Kier molecular flexibility index (Phi) is 11.0. The quantitative estimate of drug-likeness (QED) is 0.133. The molecule has 0 fully saturated rings. The summed E-state index contributed by atoms with van der Waals surface area (Å²) in [4.78, 5) is 37.1. The summed E-state index contributed by atoms with van der Waals surface area (Å²) in [5.74, 6) is 1.62. The van der Waals surface area contributed by atoms with Crippen LogP contribution in [0.2, 0.25) is 0 Å². The molecular weight excluding hydrogens is 927 g/mol. The molecule has 0 spiro atoms. The van der Waals surface area contributed by atoms with E-state index in [1.54, 1.807) is 0 Å². The first-order valence-electron chi connectivity index (χ1n) is 25.4. The minimum Gasteiger partial charge on any atom is -0.246 e. The largest absolute Gasteiger partial charge is 0.246 e. The molecule has 5 heterocycles. The lowest BCUT2D eigenvalue weighted by atomic mass is 9.99. The van der Waals surface area contributed by atoms with E-state index >= 15 is 0 Å². The van der Waals surface area contributed by atoms with Gasteiger partial charge < -0.3 is 0 Å². The van der Waals surface area contributed by atoms with E-state index in [9.17, 15) is 0 Å². The number of pyridine rings is 4. The van der Waals surface area contributed by atoms with Crippen molar-refractivity contribution in [2.45, 2.75) is 0 Å². The number of benzene rings is 9. The lowest BCUT2D eigenvalue weighted by molar-refractivity contribution is 1.07. The van der Waals surface area contributed by atoms with Gasteiger partial charge >= 0.3 is 0 Å². The maximum atomic E-state index is 5.35. The Hall–Kier alpha value is -10.4. The lowest BCUT2D eigenvalue weighted by Gasteiger charge is -2.14. The second kappa shape index (κ2) is 18.9. The molecule has 0 amide bonds. The SMILES string of the molecule is c1ccc(-c2cccc(-c3nc(-c4cccc(-c5ccccc5)c4)nc(-c4cc(-c5cccc(-c6ccc7ccc8ccccc8c7n6)n5)cc(-c5cccc(-c6ccc7ccc8ccccc8c7n6)n5)c4)n3)c2)cc1. The first-order chi connectivity index (χ1) is 37.6. The first-order valence-corrected chi connectivity index (χ1v) is 25.4. The second-order valence-corrected chi connectivity index (χ2v) is 18.9. The van der Waals surface area contributed by atoms with Gasteiger partial charge in [-0.3, -0.25) is 0 Å². The van der Waals surface area contributed by atoms with Crippen LogP contribution in [-0.4, -0.2) is 34.9 Å². The summed E-state index contributed by atoms with van der Waals surface area (Å²) < 4.78 is 0. The number of aromatic nitrogens is 7. The van der Waals surface area contributed by atoms with E-state index in [0.717, 1.165) is 128 Å². The third kappa shape index (κ3) is 8.47. The first kappa shape index (κ1) is 44.3. The molecule has 14 aromatic rings. The number of rotatable bonds is 9. The minimum atomic E-state index is 0.511. The molecule has 5 aromatic heterocycles. The van der Waals surface area contributed by atoms with Crippen molar-refractivity contribution < 1.29 is 0 Å². The molecule has 0 unspecified atom stereocenters. The van der Waals surface area contributed by atoms with Crippen LogP contribution in [0.15, 0.2) is 261 Å². The average Bonchev–Trinajstić information content (AvgIpc) is 3.54. The zero-order valence-corrected chi connectivity index (χ0v) is 41.0. The van der Waals surface area contributed by atoms with Crippen molar-refractivity contribution in [3.8, 4) is 102 Å². The molecule has 0 radical (unpaired) electrons. The van der Waals surface area contributed by atoms with Crippen molar-refractivity contribution in [3.05, 3.63) is 261 Å². The van der Waals surface area contributed by atoms with E-state index < -0.39 is 0 Å². The Balaban J connectivity index is 0.953. The molecule has 0 aliphatic heterocycles. The summed E-state index contributed by atoms with van der Waals surface area (Å²) in [7, 11) is 0. The van der Waals surface area contributed by atoms with Crippen molar-refractivity contribution in [2.24, 2.45) is 0 Å². The molecule has 0 aliphatic rings. The minimum absolute atomic E-state index is 0.511. The van der Waals surface area contributed by atoms with Gasteiger partial charge in [0, 0.05) is 49.4 Å². The maximum absolute atomic E-state index is 5.35. The molecule has 7 heteroatoms. The van der Waals surface area contributed by atoms with Gasteiger partial charge in [0.2, 0.25) is 0 Å². The van der Waals surface area contributed by atoms with E-state index in [1.165, 1.54) is 0 Å². The molecule has 0 saturated heterocycles. The van der Waals surface area contributed by atoms with E-state index in [0.29, 0.717) is 17.5 Å². The van der Waals surface area contributed by atoms with Crippen LogP contribution >= 0.6 is 0 Å². The van der Waals surface area contributed by atoms with Crippen LogP contribution in [0.25, 0.3) is 145 Å². The molecule has 9 aromatic carbocycles. The van der Waals surface area contributed by atoms with Crippen LogP contribution < -0.4 is 0 Å². The predicted molar refractivity (Wildman–Crippen MR) is 310 cm³/mol. The molecule has 0 atom stereocenters. The molecular formula is C69H43N7. The highest BCUT2D eigenvalue weighted by Crippen LogP contribution is 2.36. The molecule has 0 aliphatic carbocycles. The number of fused-ring (bicyclic) bond motifs is 6. The number of hydrogen-bond acceptors (Lipinski definition) is 7. The van der Waals surface area contributed by atoms with Crippen LogP contribution in [0.1, 0.15) is 0 Å². The molecule has 0 saturated carbocycles. The average molecular weight is 970 g/mol. The summed E-state index contributed by atoms with van der Waals surface area (Å²) in [6, 6.07) is 89.9. The Labute approximate surface area is 438 Å². The molecule has 354 valence electrons. The highest BCUT2D eigenvalue weighted by Gasteiger charge is 2.18. The summed E-state index contributed by atoms with van der Waals surface area (Å²) >= 11 is 0. The lowest BCUT2D eigenvalue weighted by Crippen LogP contribution is -2.01. The van der Waals surface area contributed by atoms with Gasteiger partial charge in [-0.2, -0.15) is 0 Å². The Morgan fingerprint density at radius 2 is 0.500 bits per heavy atom. The van der Waals surface area contributed by atoms with Crippen LogP contribution in [0, 0.1) is 0 Å². The monoisotopic (exact) mass is 969 g/mol. The van der Waals surface area contributed by atoms with Gasteiger partial charge in [0.15, 0.2) is 17.5 Å². The molecule has 14 rings (SSSR count). The Morgan fingerprint density at radius 1 is 0.171 bits per heavy atom. The van der Waals surface area contributed by atoms with Crippen molar-refractivity contribution in [2.75, 3.05) is 0 Å². The summed E-state index contributed by atoms with van der Waals surface area (Å²) in [6.45, 7) is 0. The van der Waals surface area contributed by atoms with Gasteiger partial charge in [0.05, 0.1) is 45.2 Å². The predicted octanol–water partition coefficient (Wildman–Crippen LogP) is 17.1. The third-order valence-electron chi connectivity index (χ3n) is 14.1. The fourth-order valence-electron chi connectivity index (χ4n) is 10.2. The highest BCUT2D eigenvalue weighted by molar-refractivity contribution is 6.06. The van der Waals surface area contributed by atoms with E-state index in [2.05, 4.69) is 212 Å². The maximum Gasteiger partial charge on any atom is 0.164 e. The number of nitrogens with zero attached hydrogens (tertiary/aromatic N) is 7. The Morgan fingerprint density at radius 3 is 0.987 bits per heavy atom. The molecule has 7 nitrogen and oxygen atoms in total. The van der Waals surface area contributed by atoms with Crippen molar-refractivity contribution >= 4 is 43.4 Å². The van der Waals surface area contributed by atoms with E-state index in [-0.39, 0.29) is 0 Å². The summed E-state index contributed by atoms with van der Waals surface area (Å²) in [6.07, 6.45) is 0. The van der Waals surface area contributed by atoms with Gasteiger partial charge in [-0.15, -0.1) is 0 Å². The molecule has 0 N–H and O–H groups in total. The van der Waals surface area contributed by atoms with Crippen molar-refractivity contribution in [3.63, 3.8) is 0 Å². The fourth-order valence-corrected chi connectivity index (χ4v) is 10.2. The molecule has 76 heavy (non-hydrogen) atoms. The van der Waals surface area contributed by atoms with Gasteiger partial charge in [-0.05, 0) is 99.8 Å². The fraction of sp³-hybridized carbons (Fsp3) is 0. The summed E-state index contributed by atoms with van der Waals surface area (Å²) in [5.41, 5.74) is 15.1. The smallest absolute Gasteiger partial charge is 0.164 e. The van der Waals surface area contributed by atoms with E-state index in [1.807, 2.05) is 48.5 Å². The van der Waals surface area contributed by atoms with Crippen LogP contribution in [-0.2, 0) is 0 Å². The zero-order valence-electron chi connectivity index (χ0n) is 41.0. The van der Waals surface area contributed by atoms with Gasteiger partial charge in [0.25, 0.3) is 0 Å². The molecule has 0 bridgehead atoms. The Bertz CT molecular complexity index is 4260. The number of hydrogen-bond donors (Lipinski definition) is 0.